The van der Waals surface area contributed by atoms with Crippen LogP contribution in [0.15, 0.2) is 35.5 Å². The third-order valence-electron chi connectivity index (χ3n) is 4.95. The Hall–Kier alpha value is -3.07. The lowest BCUT2D eigenvalue weighted by molar-refractivity contribution is 0.149. The van der Waals surface area contributed by atoms with E-state index in [4.69, 9.17) is 0 Å². The minimum Gasteiger partial charge on any atom is -0.389 e. The molecule has 0 bridgehead atoms. The zero-order valence-electron chi connectivity index (χ0n) is 13.9. The number of hydrogen-bond donors (Lipinski definition) is 1. The number of aryl methyl sites for hydroxylation is 1. The van der Waals surface area contributed by atoms with E-state index in [1.54, 1.807) is 34.7 Å². The van der Waals surface area contributed by atoms with Crippen LogP contribution in [-0.2, 0) is 13.5 Å². The van der Waals surface area contributed by atoms with E-state index in [9.17, 15) is 14.3 Å². The average molecular weight is 354 g/mol. The molecule has 0 atom stereocenters. The Labute approximate surface area is 146 Å². The maximum absolute atomic E-state index is 13.6. The molecule has 9 heteroatoms. The van der Waals surface area contributed by atoms with Gasteiger partial charge in [-0.15, -0.1) is 5.10 Å². The van der Waals surface area contributed by atoms with Crippen molar-refractivity contribution in [2.45, 2.75) is 24.9 Å². The molecule has 132 valence electrons. The van der Waals surface area contributed by atoms with E-state index in [1.165, 1.54) is 16.7 Å². The van der Waals surface area contributed by atoms with Crippen LogP contribution in [0.25, 0.3) is 22.4 Å². The third kappa shape index (κ3) is 2.10. The van der Waals surface area contributed by atoms with Crippen LogP contribution in [0.5, 0.6) is 0 Å². The van der Waals surface area contributed by atoms with E-state index in [0.29, 0.717) is 23.4 Å². The Bertz CT molecular complexity index is 1230. The lowest BCUT2D eigenvalue weighted by Crippen LogP contribution is -2.21. The first-order chi connectivity index (χ1) is 12.5. The first kappa shape index (κ1) is 15.2. The summed E-state index contributed by atoms with van der Waals surface area (Å²) in [5.41, 5.74) is 0.772. The molecule has 5 rings (SSSR count). The number of benzene rings is 1. The minimum absolute atomic E-state index is 0.273. The van der Waals surface area contributed by atoms with Crippen molar-refractivity contribution in [2.75, 3.05) is 0 Å². The van der Waals surface area contributed by atoms with Gasteiger partial charge in [0.2, 0.25) is 0 Å². The van der Waals surface area contributed by atoms with E-state index in [0.717, 1.165) is 18.5 Å². The Morgan fingerprint density at radius 2 is 2.15 bits per heavy atom. The maximum Gasteiger partial charge on any atom is 0.261 e. The van der Waals surface area contributed by atoms with Gasteiger partial charge in [0, 0.05) is 13.5 Å². The predicted molar refractivity (Wildman–Crippen MR) is 90.7 cm³/mol. The van der Waals surface area contributed by atoms with Crippen molar-refractivity contribution < 1.29 is 9.50 Å². The Morgan fingerprint density at radius 3 is 2.92 bits per heavy atom. The van der Waals surface area contributed by atoms with Crippen LogP contribution in [0.2, 0.25) is 0 Å². The van der Waals surface area contributed by atoms with Crippen molar-refractivity contribution >= 4 is 16.6 Å². The smallest absolute Gasteiger partial charge is 0.261 e. The van der Waals surface area contributed by atoms with Gasteiger partial charge < -0.3 is 5.11 Å². The summed E-state index contributed by atoms with van der Waals surface area (Å²) >= 11 is 0. The number of hydrogen-bond acceptors (Lipinski definition) is 5. The number of fused-ring (bicyclic) bond motifs is 3. The fraction of sp³-hybridized carbons (Fsp3) is 0.294. The monoisotopic (exact) mass is 354 g/mol. The molecule has 1 aromatic carbocycles. The molecular weight excluding hydrogens is 339 g/mol. The molecule has 1 N–H and O–H groups in total. The van der Waals surface area contributed by atoms with Gasteiger partial charge in [-0.25, -0.2) is 9.37 Å². The molecule has 1 aliphatic carbocycles. The Kier molecular flexibility index (Phi) is 2.91. The number of rotatable bonds is 3. The molecule has 0 radical (unpaired) electrons. The molecule has 1 aliphatic rings. The molecule has 3 heterocycles. The summed E-state index contributed by atoms with van der Waals surface area (Å²) in [5, 5.41) is 18.5. The number of imidazole rings is 1. The van der Waals surface area contributed by atoms with E-state index in [-0.39, 0.29) is 10.9 Å². The van der Waals surface area contributed by atoms with Gasteiger partial charge in [-0.05, 0) is 31.0 Å². The Balaban J connectivity index is 1.79. The van der Waals surface area contributed by atoms with Crippen molar-refractivity contribution in [2.24, 2.45) is 7.05 Å². The zero-order chi connectivity index (χ0) is 18.1. The molecule has 0 spiro atoms. The lowest BCUT2D eigenvalue weighted by Gasteiger charge is -2.11. The highest BCUT2D eigenvalue weighted by Gasteiger charge is 2.41. The quantitative estimate of drug-likeness (QED) is 0.592. The maximum atomic E-state index is 13.6. The van der Waals surface area contributed by atoms with Gasteiger partial charge in [-0.3, -0.25) is 13.8 Å². The highest BCUT2D eigenvalue weighted by Crippen LogP contribution is 2.38. The van der Waals surface area contributed by atoms with Crippen LogP contribution in [0.4, 0.5) is 4.39 Å². The fourth-order valence-corrected chi connectivity index (χ4v) is 3.35. The van der Waals surface area contributed by atoms with Gasteiger partial charge >= 0.3 is 0 Å². The SMILES string of the molecule is Cn1c(=O)c2cc(F)ccc2n2cnc(-n3nncc3CC3(O)CC3)c12. The van der Waals surface area contributed by atoms with Crippen LogP contribution in [0.3, 0.4) is 0 Å². The topological polar surface area (TPSA) is 90.2 Å². The van der Waals surface area contributed by atoms with Crippen LogP contribution in [0.1, 0.15) is 18.5 Å². The third-order valence-corrected chi connectivity index (χ3v) is 4.95. The average Bonchev–Trinajstić information content (AvgIpc) is 3.00. The molecular formula is C17H15FN6O2. The fourth-order valence-electron chi connectivity index (χ4n) is 3.35. The molecule has 4 aromatic rings. The van der Waals surface area contributed by atoms with Gasteiger partial charge in [0.05, 0.1) is 28.4 Å². The van der Waals surface area contributed by atoms with Gasteiger partial charge in [-0.1, -0.05) is 5.21 Å². The zero-order valence-corrected chi connectivity index (χ0v) is 13.9. The number of halogens is 1. The summed E-state index contributed by atoms with van der Waals surface area (Å²) in [4.78, 5) is 17.1. The van der Waals surface area contributed by atoms with Crippen molar-refractivity contribution in [1.82, 2.24) is 28.9 Å². The summed E-state index contributed by atoms with van der Waals surface area (Å²) in [5.74, 6) is -0.0295. The summed E-state index contributed by atoms with van der Waals surface area (Å²) in [6.07, 6.45) is 5.08. The second-order valence-corrected chi connectivity index (χ2v) is 6.83. The molecule has 3 aromatic heterocycles. The van der Waals surface area contributed by atoms with Crippen molar-refractivity contribution in [3.05, 3.63) is 52.6 Å². The first-order valence-electron chi connectivity index (χ1n) is 8.24. The van der Waals surface area contributed by atoms with Crippen LogP contribution < -0.4 is 5.56 Å². The second-order valence-electron chi connectivity index (χ2n) is 6.83. The number of aromatic nitrogens is 6. The highest BCUT2D eigenvalue weighted by molar-refractivity contribution is 5.82. The molecule has 1 fully saturated rings. The molecule has 8 nitrogen and oxygen atoms in total. The van der Waals surface area contributed by atoms with E-state index in [2.05, 4.69) is 15.3 Å². The second kappa shape index (κ2) is 4.98. The summed E-state index contributed by atoms with van der Waals surface area (Å²) in [7, 11) is 1.61. The van der Waals surface area contributed by atoms with Gasteiger partial charge in [0.1, 0.15) is 12.1 Å². The number of aliphatic hydroxyl groups is 1. The molecule has 26 heavy (non-hydrogen) atoms. The molecule has 0 aliphatic heterocycles. The first-order valence-corrected chi connectivity index (χ1v) is 8.24. The van der Waals surface area contributed by atoms with Gasteiger partial charge in [0.25, 0.3) is 5.56 Å². The van der Waals surface area contributed by atoms with Crippen LogP contribution in [-0.4, -0.2) is 39.7 Å². The summed E-state index contributed by atoms with van der Waals surface area (Å²) in [6.45, 7) is 0. The molecule has 0 amide bonds. The van der Waals surface area contributed by atoms with Crippen molar-refractivity contribution in [1.29, 1.82) is 0 Å². The van der Waals surface area contributed by atoms with E-state index in [1.807, 2.05) is 0 Å². The number of nitrogens with zero attached hydrogens (tertiary/aromatic N) is 6. The lowest BCUT2D eigenvalue weighted by atomic mass is 10.2. The van der Waals surface area contributed by atoms with Crippen molar-refractivity contribution in [3.63, 3.8) is 0 Å². The molecule has 0 saturated heterocycles. The van der Waals surface area contributed by atoms with Crippen molar-refractivity contribution in [3.8, 4) is 5.82 Å². The Morgan fingerprint density at radius 1 is 1.35 bits per heavy atom. The molecule has 1 saturated carbocycles. The minimum atomic E-state index is -0.703. The van der Waals surface area contributed by atoms with E-state index < -0.39 is 11.4 Å². The normalized spacial score (nSPS) is 15.8. The standard InChI is InChI=1S/C17H15FN6O2/c1-22-15-14(24-11(8-20-21-24)7-17(26)4-5-17)19-9-23(15)13-3-2-10(18)6-12(13)16(22)25/h2-3,6,8-9,26H,4-5,7H2,1H3. The summed E-state index contributed by atoms with van der Waals surface area (Å²) in [6, 6.07) is 4.09. The van der Waals surface area contributed by atoms with Gasteiger partial charge in [-0.2, -0.15) is 4.68 Å². The van der Waals surface area contributed by atoms with Crippen LogP contribution >= 0.6 is 0 Å². The predicted octanol–water partition coefficient (Wildman–Crippen LogP) is 0.973. The van der Waals surface area contributed by atoms with E-state index >= 15 is 0 Å². The molecule has 0 unspecified atom stereocenters. The largest absolute Gasteiger partial charge is 0.389 e. The van der Waals surface area contributed by atoms with Gasteiger partial charge in [0.15, 0.2) is 11.5 Å². The van der Waals surface area contributed by atoms with Crippen LogP contribution in [0, 0.1) is 5.82 Å². The summed E-state index contributed by atoms with van der Waals surface area (Å²) < 4.78 is 18.3. The highest BCUT2D eigenvalue weighted by atomic mass is 19.1.